The highest BCUT2D eigenvalue weighted by molar-refractivity contribution is 5.80. The lowest BCUT2D eigenvalue weighted by Crippen LogP contribution is -2.48. The molecule has 0 aliphatic carbocycles. The quantitative estimate of drug-likeness (QED) is 0.390. The van der Waals surface area contributed by atoms with E-state index in [9.17, 15) is 4.79 Å². The predicted molar refractivity (Wildman–Crippen MR) is 158 cm³/mol. The second-order valence-electron chi connectivity index (χ2n) is 11.4. The lowest BCUT2D eigenvalue weighted by molar-refractivity contribution is -0.155. The van der Waals surface area contributed by atoms with E-state index in [1.54, 1.807) is 7.11 Å². The molecule has 0 radical (unpaired) electrons. The lowest BCUT2D eigenvalue weighted by atomic mass is 9.76. The van der Waals surface area contributed by atoms with E-state index < -0.39 is 5.41 Å². The highest BCUT2D eigenvalue weighted by atomic mass is 16.5. The molecule has 7 heteroatoms. The molecular weight excluding hydrogens is 502 g/mol. The van der Waals surface area contributed by atoms with Gasteiger partial charge in [-0.3, -0.25) is 4.79 Å². The number of carbonyl (C=O) groups is 1. The molecule has 3 aromatic rings. The summed E-state index contributed by atoms with van der Waals surface area (Å²) in [5, 5.41) is 3.47. The van der Waals surface area contributed by atoms with Crippen molar-refractivity contribution in [2.75, 3.05) is 38.8 Å². The van der Waals surface area contributed by atoms with Crippen molar-refractivity contribution in [1.82, 2.24) is 10.3 Å². The van der Waals surface area contributed by atoms with Crippen molar-refractivity contribution in [2.24, 2.45) is 11.3 Å². The van der Waals surface area contributed by atoms with Crippen LogP contribution >= 0.6 is 0 Å². The van der Waals surface area contributed by atoms with E-state index in [1.165, 1.54) is 29.4 Å². The molecule has 3 heterocycles. The number of rotatable bonds is 8. The van der Waals surface area contributed by atoms with E-state index in [-0.39, 0.29) is 17.9 Å². The minimum atomic E-state index is -0.705. The van der Waals surface area contributed by atoms with Gasteiger partial charge in [-0.2, -0.15) is 0 Å². The van der Waals surface area contributed by atoms with E-state index in [1.807, 2.05) is 31.2 Å². The average molecular weight is 544 g/mol. The number of esters is 1. The van der Waals surface area contributed by atoms with Crippen LogP contribution < -0.4 is 15.0 Å². The first-order chi connectivity index (χ1) is 19.3. The number of methoxy groups -OCH3 is 2. The summed E-state index contributed by atoms with van der Waals surface area (Å²) >= 11 is 0. The fourth-order valence-electron chi connectivity index (χ4n) is 6.33. The highest BCUT2D eigenvalue weighted by Crippen LogP contribution is 2.44. The van der Waals surface area contributed by atoms with Crippen molar-refractivity contribution < 1.29 is 19.0 Å². The number of anilines is 1. The fraction of sp³-hybridized carbons (Fsp3) is 0.455. The minimum Gasteiger partial charge on any atom is -0.488 e. The Balaban J connectivity index is 1.44. The summed E-state index contributed by atoms with van der Waals surface area (Å²) in [6.45, 7) is 11.9. The van der Waals surface area contributed by atoms with Gasteiger partial charge in [-0.15, -0.1) is 0 Å². The fourth-order valence-corrected chi connectivity index (χ4v) is 6.33. The van der Waals surface area contributed by atoms with Crippen LogP contribution in [0.5, 0.6) is 5.75 Å². The van der Waals surface area contributed by atoms with Gasteiger partial charge in [0.05, 0.1) is 30.9 Å². The molecule has 1 N–H and O–H groups in total. The largest absolute Gasteiger partial charge is 0.488 e. The molecule has 2 aliphatic rings. The SMILES string of the molecule is COC[C@H]1N(c2cccc(-c3cc(C)ccc3OCc3cc(C)c4c(c3)CCNC4)n2)C[C@H](C)[C@@]1(C)C(=O)OC. The number of carbonyl (C=O) groups excluding carboxylic acids is 1. The van der Waals surface area contributed by atoms with Crippen molar-refractivity contribution in [3.63, 3.8) is 0 Å². The predicted octanol–water partition coefficient (Wildman–Crippen LogP) is 5.24. The summed E-state index contributed by atoms with van der Waals surface area (Å²) in [6, 6.07) is 16.6. The number of fused-ring (bicyclic) bond motifs is 1. The number of nitrogens with one attached hydrogen (secondary N) is 1. The zero-order chi connectivity index (χ0) is 28.4. The molecule has 40 heavy (non-hydrogen) atoms. The van der Waals surface area contributed by atoms with Crippen LogP contribution in [0.1, 0.15) is 41.7 Å². The van der Waals surface area contributed by atoms with Crippen LogP contribution in [0.2, 0.25) is 0 Å². The molecule has 0 bridgehead atoms. The Morgan fingerprint density at radius 3 is 2.75 bits per heavy atom. The van der Waals surface area contributed by atoms with Crippen molar-refractivity contribution in [3.05, 3.63) is 76.3 Å². The normalized spacial score (nSPS) is 22.2. The number of pyridine rings is 1. The summed E-state index contributed by atoms with van der Waals surface area (Å²) in [4.78, 5) is 20.2. The third-order valence-corrected chi connectivity index (χ3v) is 8.84. The standard InChI is InChI=1S/C33H41N3O4/c1-21-10-11-29(40-19-24-15-22(2)27-17-34-13-12-25(27)16-24)26(14-21)28-8-7-9-31(35-28)36-18-23(3)33(4,32(37)39-6)30(36)20-38-5/h7-11,14-16,23,30,34H,12-13,17-20H2,1-6H3/t23-,30+,33+/m0/s1. The second-order valence-corrected chi connectivity index (χ2v) is 11.4. The number of aromatic nitrogens is 1. The van der Waals surface area contributed by atoms with Gasteiger partial charge < -0.3 is 24.4 Å². The highest BCUT2D eigenvalue weighted by Gasteiger charge is 2.55. The first-order valence-corrected chi connectivity index (χ1v) is 14.1. The lowest BCUT2D eigenvalue weighted by Gasteiger charge is -2.34. The van der Waals surface area contributed by atoms with Gasteiger partial charge in [-0.05, 0) is 86.2 Å². The monoisotopic (exact) mass is 543 g/mol. The van der Waals surface area contributed by atoms with Gasteiger partial charge in [0.15, 0.2) is 0 Å². The van der Waals surface area contributed by atoms with Crippen LogP contribution in [0.25, 0.3) is 11.3 Å². The van der Waals surface area contributed by atoms with Crippen LogP contribution in [-0.2, 0) is 33.8 Å². The molecule has 0 amide bonds. The first kappa shape index (κ1) is 28.1. The number of hydrogen-bond donors (Lipinski definition) is 1. The topological polar surface area (TPSA) is 72.9 Å². The van der Waals surface area contributed by atoms with Gasteiger partial charge >= 0.3 is 5.97 Å². The third kappa shape index (κ3) is 5.20. The molecule has 0 spiro atoms. The second kappa shape index (κ2) is 11.6. The van der Waals surface area contributed by atoms with E-state index in [0.29, 0.717) is 19.8 Å². The van der Waals surface area contributed by atoms with Crippen LogP contribution in [0.4, 0.5) is 5.82 Å². The molecule has 1 fully saturated rings. The van der Waals surface area contributed by atoms with Crippen molar-refractivity contribution in [1.29, 1.82) is 0 Å². The zero-order valence-corrected chi connectivity index (χ0v) is 24.5. The molecule has 7 nitrogen and oxygen atoms in total. The molecule has 0 unspecified atom stereocenters. The van der Waals surface area contributed by atoms with Crippen LogP contribution in [0.3, 0.4) is 0 Å². The number of ether oxygens (including phenoxy) is 3. The van der Waals surface area contributed by atoms with Crippen molar-refractivity contribution >= 4 is 11.8 Å². The molecule has 2 aliphatic heterocycles. The summed E-state index contributed by atoms with van der Waals surface area (Å²) in [5.41, 5.74) is 7.54. The van der Waals surface area contributed by atoms with E-state index in [0.717, 1.165) is 47.9 Å². The Bertz CT molecular complexity index is 1390. The maximum absolute atomic E-state index is 12.9. The Hall–Kier alpha value is -3.42. The van der Waals surface area contributed by atoms with E-state index >= 15 is 0 Å². The Labute approximate surface area is 237 Å². The van der Waals surface area contributed by atoms with Gasteiger partial charge in [0, 0.05) is 25.8 Å². The summed E-state index contributed by atoms with van der Waals surface area (Å²) in [7, 11) is 3.12. The van der Waals surface area contributed by atoms with Crippen molar-refractivity contribution in [2.45, 2.75) is 53.3 Å². The van der Waals surface area contributed by atoms with E-state index in [4.69, 9.17) is 19.2 Å². The summed E-state index contributed by atoms with van der Waals surface area (Å²) < 4.78 is 17.3. The smallest absolute Gasteiger partial charge is 0.314 e. The third-order valence-electron chi connectivity index (χ3n) is 8.84. The Morgan fingerprint density at radius 1 is 1.15 bits per heavy atom. The average Bonchev–Trinajstić information content (AvgIpc) is 3.22. The van der Waals surface area contributed by atoms with Crippen LogP contribution in [-0.4, -0.2) is 50.9 Å². The Morgan fingerprint density at radius 2 is 1.98 bits per heavy atom. The van der Waals surface area contributed by atoms with Crippen molar-refractivity contribution in [3.8, 4) is 17.0 Å². The molecule has 2 aromatic carbocycles. The Kier molecular flexibility index (Phi) is 8.15. The first-order valence-electron chi connectivity index (χ1n) is 14.1. The minimum absolute atomic E-state index is 0.0688. The summed E-state index contributed by atoms with van der Waals surface area (Å²) in [6.07, 6.45) is 1.05. The molecule has 3 atom stereocenters. The van der Waals surface area contributed by atoms with Gasteiger partial charge in [0.1, 0.15) is 18.2 Å². The molecule has 1 aromatic heterocycles. The number of nitrogens with zero attached hydrogens (tertiary/aromatic N) is 2. The molecule has 212 valence electrons. The maximum atomic E-state index is 12.9. The molecule has 5 rings (SSSR count). The van der Waals surface area contributed by atoms with Gasteiger partial charge in [-0.1, -0.05) is 36.8 Å². The van der Waals surface area contributed by atoms with Gasteiger partial charge in [-0.25, -0.2) is 4.98 Å². The van der Waals surface area contributed by atoms with Crippen LogP contribution in [0.15, 0.2) is 48.5 Å². The van der Waals surface area contributed by atoms with Gasteiger partial charge in [0.2, 0.25) is 0 Å². The molecule has 0 saturated carbocycles. The number of benzene rings is 2. The van der Waals surface area contributed by atoms with E-state index in [2.05, 4.69) is 55.3 Å². The summed E-state index contributed by atoms with van der Waals surface area (Å²) in [5.74, 6) is 1.46. The van der Waals surface area contributed by atoms with Gasteiger partial charge in [0.25, 0.3) is 0 Å². The maximum Gasteiger partial charge on any atom is 0.314 e. The number of aryl methyl sites for hydroxylation is 2. The number of hydrogen-bond acceptors (Lipinski definition) is 7. The molecular formula is C33H41N3O4. The van der Waals surface area contributed by atoms with Crippen LogP contribution in [0, 0.1) is 25.2 Å². The molecule has 1 saturated heterocycles. The zero-order valence-electron chi connectivity index (χ0n) is 24.5.